The molecule has 34 heavy (non-hydrogen) atoms. The second-order valence-electron chi connectivity index (χ2n) is 8.44. The second-order valence-corrected chi connectivity index (χ2v) is 8.44. The van der Waals surface area contributed by atoms with Crippen LogP contribution in [0.5, 0.6) is 5.75 Å². The van der Waals surface area contributed by atoms with Gasteiger partial charge in [-0.2, -0.15) is 0 Å². The molecule has 6 nitrogen and oxygen atoms in total. The Hall–Kier alpha value is -4.16. The number of hydrogen-bond acceptors (Lipinski definition) is 5. The lowest BCUT2D eigenvalue weighted by Gasteiger charge is -2.29. The van der Waals surface area contributed by atoms with Gasteiger partial charge in [-0.3, -0.25) is 14.4 Å². The van der Waals surface area contributed by atoms with Gasteiger partial charge in [0.1, 0.15) is 11.7 Å². The van der Waals surface area contributed by atoms with Gasteiger partial charge in [-0.25, -0.2) is 9.96 Å². The molecule has 0 bridgehead atoms. The van der Waals surface area contributed by atoms with Crippen molar-refractivity contribution in [1.82, 2.24) is 0 Å². The highest BCUT2D eigenvalue weighted by atomic mass is 16.7. The number of benzene rings is 4. The number of fused-ring (bicyclic) bond motifs is 2. The number of ether oxygens (including phenoxy) is 1. The number of imide groups is 1. The molecular formula is C28H22N2O4. The molecule has 2 aliphatic heterocycles. The first-order valence-corrected chi connectivity index (χ1v) is 11.2. The molecule has 2 heterocycles. The highest BCUT2D eigenvalue weighted by Gasteiger charge is 2.60. The van der Waals surface area contributed by atoms with E-state index in [2.05, 4.69) is 0 Å². The van der Waals surface area contributed by atoms with Crippen molar-refractivity contribution in [3.63, 3.8) is 0 Å². The SMILES string of the molecule is COc1ccc([C@H]2[C@@H]3C(=O)N(c4cccc5ccccc45)C(=O)[C@@H]3ON2c2ccccc2)cc1. The molecule has 2 amide bonds. The molecule has 168 valence electrons. The number of para-hydroxylation sites is 1. The van der Waals surface area contributed by atoms with E-state index in [0.717, 1.165) is 27.8 Å². The Morgan fingerprint density at radius 2 is 1.47 bits per heavy atom. The number of hydrogen-bond donors (Lipinski definition) is 0. The van der Waals surface area contributed by atoms with Crippen LogP contribution in [0.4, 0.5) is 11.4 Å². The predicted octanol–water partition coefficient (Wildman–Crippen LogP) is 4.90. The fourth-order valence-electron chi connectivity index (χ4n) is 4.99. The molecule has 2 saturated heterocycles. The van der Waals surface area contributed by atoms with Gasteiger partial charge in [-0.05, 0) is 41.3 Å². The number of rotatable bonds is 4. The molecule has 3 atom stereocenters. The summed E-state index contributed by atoms with van der Waals surface area (Å²) in [6.45, 7) is 0. The third kappa shape index (κ3) is 3.07. The minimum atomic E-state index is -0.904. The van der Waals surface area contributed by atoms with E-state index in [9.17, 15) is 9.59 Å². The lowest BCUT2D eigenvalue weighted by atomic mass is 9.90. The van der Waals surface area contributed by atoms with Gasteiger partial charge in [0.25, 0.3) is 5.91 Å². The van der Waals surface area contributed by atoms with Crippen molar-refractivity contribution in [3.8, 4) is 5.75 Å². The lowest BCUT2D eigenvalue weighted by Crippen LogP contribution is -2.37. The molecule has 4 aromatic carbocycles. The van der Waals surface area contributed by atoms with Crippen LogP contribution in [0.25, 0.3) is 10.8 Å². The first-order valence-electron chi connectivity index (χ1n) is 11.2. The van der Waals surface area contributed by atoms with Crippen molar-refractivity contribution < 1.29 is 19.2 Å². The Balaban J connectivity index is 1.45. The van der Waals surface area contributed by atoms with Gasteiger partial charge in [0.2, 0.25) is 5.91 Å². The molecule has 0 unspecified atom stereocenters. The fourth-order valence-corrected chi connectivity index (χ4v) is 4.99. The van der Waals surface area contributed by atoms with Gasteiger partial charge in [0, 0.05) is 5.39 Å². The quantitative estimate of drug-likeness (QED) is 0.414. The van der Waals surface area contributed by atoms with Crippen molar-refractivity contribution in [2.75, 3.05) is 17.1 Å². The molecule has 0 N–H and O–H groups in total. The molecular weight excluding hydrogens is 428 g/mol. The molecule has 2 fully saturated rings. The van der Waals surface area contributed by atoms with E-state index in [-0.39, 0.29) is 11.8 Å². The van der Waals surface area contributed by atoms with Gasteiger partial charge < -0.3 is 4.74 Å². The molecule has 0 radical (unpaired) electrons. The van der Waals surface area contributed by atoms with Gasteiger partial charge >= 0.3 is 0 Å². The van der Waals surface area contributed by atoms with Crippen LogP contribution in [0.15, 0.2) is 97.1 Å². The Morgan fingerprint density at radius 3 is 2.24 bits per heavy atom. The Morgan fingerprint density at radius 1 is 0.765 bits per heavy atom. The van der Waals surface area contributed by atoms with E-state index in [1.165, 1.54) is 4.90 Å². The van der Waals surface area contributed by atoms with Gasteiger partial charge in [0.15, 0.2) is 6.10 Å². The van der Waals surface area contributed by atoms with Crippen LogP contribution in [0.2, 0.25) is 0 Å². The molecule has 0 aliphatic carbocycles. The zero-order valence-electron chi connectivity index (χ0n) is 18.5. The summed E-state index contributed by atoms with van der Waals surface area (Å²) >= 11 is 0. The van der Waals surface area contributed by atoms with Crippen molar-refractivity contribution in [1.29, 1.82) is 0 Å². The smallest absolute Gasteiger partial charge is 0.266 e. The summed E-state index contributed by atoms with van der Waals surface area (Å²) in [5.41, 5.74) is 2.25. The van der Waals surface area contributed by atoms with Crippen molar-refractivity contribution >= 4 is 34.0 Å². The van der Waals surface area contributed by atoms with Gasteiger partial charge in [-0.15, -0.1) is 0 Å². The molecule has 6 rings (SSSR count). The first kappa shape index (κ1) is 20.4. The summed E-state index contributed by atoms with van der Waals surface area (Å²) in [5.74, 6) is -0.564. The molecule has 0 spiro atoms. The summed E-state index contributed by atoms with van der Waals surface area (Å²) in [4.78, 5) is 35.1. The van der Waals surface area contributed by atoms with Crippen molar-refractivity contribution in [2.24, 2.45) is 5.92 Å². The van der Waals surface area contributed by atoms with Gasteiger partial charge in [0.05, 0.1) is 24.5 Å². The van der Waals surface area contributed by atoms with Gasteiger partial charge in [-0.1, -0.05) is 66.7 Å². The van der Waals surface area contributed by atoms with Crippen LogP contribution in [-0.4, -0.2) is 25.0 Å². The van der Waals surface area contributed by atoms with E-state index in [4.69, 9.17) is 9.57 Å². The Labute approximate surface area is 196 Å². The van der Waals surface area contributed by atoms with E-state index in [1.54, 1.807) is 12.2 Å². The van der Waals surface area contributed by atoms with E-state index in [0.29, 0.717) is 5.69 Å². The molecule has 2 aliphatic rings. The summed E-state index contributed by atoms with van der Waals surface area (Å²) in [6.07, 6.45) is -0.904. The minimum absolute atomic E-state index is 0.259. The molecule has 0 saturated carbocycles. The third-order valence-electron chi connectivity index (χ3n) is 6.59. The highest BCUT2D eigenvalue weighted by Crippen LogP contribution is 2.48. The number of nitrogens with zero attached hydrogens (tertiary/aromatic N) is 2. The van der Waals surface area contributed by atoms with Crippen LogP contribution in [0, 0.1) is 5.92 Å². The lowest BCUT2D eigenvalue weighted by molar-refractivity contribution is -0.126. The van der Waals surface area contributed by atoms with Crippen molar-refractivity contribution in [2.45, 2.75) is 12.1 Å². The summed E-state index contributed by atoms with van der Waals surface area (Å²) < 4.78 is 5.31. The Kier molecular flexibility index (Phi) is 4.81. The summed E-state index contributed by atoms with van der Waals surface area (Å²) in [5, 5.41) is 3.52. The number of carbonyl (C=O) groups is 2. The topological polar surface area (TPSA) is 59.1 Å². The first-order chi connectivity index (χ1) is 16.7. The summed E-state index contributed by atoms with van der Waals surface area (Å²) in [7, 11) is 1.61. The van der Waals surface area contributed by atoms with Crippen LogP contribution in [0.3, 0.4) is 0 Å². The maximum absolute atomic E-state index is 13.9. The predicted molar refractivity (Wildman–Crippen MR) is 129 cm³/mol. The zero-order chi connectivity index (χ0) is 23.2. The van der Waals surface area contributed by atoms with Crippen molar-refractivity contribution in [3.05, 3.63) is 103 Å². The number of carbonyl (C=O) groups excluding carboxylic acids is 2. The number of methoxy groups -OCH3 is 1. The number of hydroxylamine groups is 1. The van der Waals surface area contributed by atoms with E-state index >= 15 is 0 Å². The highest BCUT2D eigenvalue weighted by molar-refractivity contribution is 6.26. The zero-order valence-corrected chi connectivity index (χ0v) is 18.5. The molecule has 4 aromatic rings. The van der Waals surface area contributed by atoms with Crippen LogP contribution >= 0.6 is 0 Å². The Bertz CT molecular complexity index is 1380. The average Bonchev–Trinajstić information content (AvgIpc) is 3.40. The van der Waals surface area contributed by atoms with E-state index in [1.807, 2.05) is 97.1 Å². The fraction of sp³-hybridized carbons (Fsp3) is 0.143. The second kappa shape index (κ2) is 8.01. The van der Waals surface area contributed by atoms with E-state index < -0.39 is 18.1 Å². The normalized spacial score (nSPS) is 21.9. The summed E-state index contributed by atoms with van der Waals surface area (Å²) in [6, 6.07) is 30.0. The molecule has 0 aromatic heterocycles. The van der Waals surface area contributed by atoms with Crippen LogP contribution in [-0.2, 0) is 14.4 Å². The maximum atomic E-state index is 13.9. The number of amides is 2. The molecule has 6 heteroatoms. The maximum Gasteiger partial charge on any atom is 0.266 e. The standard InChI is InChI=1S/C28H22N2O4/c1-33-21-16-14-19(15-17-21)25-24-26(34-30(25)20-10-3-2-4-11-20)28(32)29(27(24)31)23-13-7-9-18-8-5-6-12-22(18)23/h2-17,24-26H,1H3/t24-,25-,26+/m0/s1. The number of anilines is 2. The van der Waals surface area contributed by atoms with Crippen LogP contribution in [0.1, 0.15) is 11.6 Å². The largest absolute Gasteiger partial charge is 0.497 e. The average molecular weight is 450 g/mol. The minimum Gasteiger partial charge on any atom is -0.497 e. The third-order valence-corrected chi connectivity index (χ3v) is 6.59. The van der Waals surface area contributed by atoms with Crippen LogP contribution < -0.4 is 14.7 Å². The monoisotopic (exact) mass is 450 g/mol.